The van der Waals surface area contributed by atoms with Crippen LogP contribution in [0.4, 0.5) is 0 Å². The van der Waals surface area contributed by atoms with E-state index >= 15 is 0 Å². The Labute approximate surface area is 187 Å². The maximum absolute atomic E-state index is 12.8. The SMILES string of the molecule is Cc1noc(C)c1CN1CCN(CCC(=O)NC(c2ccccc2)c2cccs2)CC1. The van der Waals surface area contributed by atoms with E-state index in [1.54, 1.807) is 11.3 Å². The van der Waals surface area contributed by atoms with E-state index in [2.05, 4.69) is 43.9 Å². The summed E-state index contributed by atoms with van der Waals surface area (Å²) in [4.78, 5) is 18.7. The van der Waals surface area contributed by atoms with Crippen LogP contribution in [0.15, 0.2) is 52.4 Å². The second-order valence-corrected chi connectivity index (χ2v) is 9.08. The molecule has 1 atom stereocenters. The number of carbonyl (C=O) groups is 1. The molecular weight excluding hydrogens is 408 g/mol. The van der Waals surface area contributed by atoms with Gasteiger partial charge in [-0.1, -0.05) is 41.6 Å². The second kappa shape index (κ2) is 10.2. The third kappa shape index (κ3) is 5.61. The van der Waals surface area contributed by atoms with Crippen molar-refractivity contribution in [3.05, 3.63) is 75.3 Å². The molecule has 2 aromatic heterocycles. The minimum atomic E-state index is -0.0828. The number of thiophene rings is 1. The van der Waals surface area contributed by atoms with Gasteiger partial charge in [0, 0.05) is 56.1 Å². The third-order valence-electron chi connectivity index (χ3n) is 5.95. The zero-order valence-corrected chi connectivity index (χ0v) is 19.0. The number of piperazine rings is 1. The van der Waals surface area contributed by atoms with Crippen molar-refractivity contribution in [2.75, 3.05) is 32.7 Å². The molecular formula is C24H30N4O2S. The third-order valence-corrected chi connectivity index (χ3v) is 6.89. The van der Waals surface area contributed by atoms with Gasteiger partial charge in [0.1, 0.15) is 5.76 Å². The van der Waals surface area contributed by atoms with Crippen LogP contribution in [0.2, 0.25) is 0 Å². The van der Waals surface area contributed by atoms with Crippen LogP contribution in [-0.4, -0.2) is 53.6 Å². The van der Waals surface area contributed by atoms with Gasteiger partial charge in [-0.3, -0.25) is 9.69 Å². The van der Waals surface area contributed by atoms with Crippen molar-refractivity contribution in [3.8, 4) is 0 Å². The average molecular weight is 439 g/mol. The Morgan fingerprint density at radius 3 is 2.48 bits per heavy atom. The fourth-order valence-corrected chi connectivity index (χ4v) is 4.84. The van der Waals surface area contributed by atoms with Crippen molar-refractivity contribution in [2.24, 2.45) is 0 Å². The van der Waals surface area contributed by atoms with Crippen LogP contribution in [-0.2, 0) is 11.3 Å². The summed E-state index contributed by atoms with van der Waals surface area (Å²) < 4.78 is 5.28. The molecule has 7 heteroatoms. The highest BCUT2D eigenvalue weighted by Crippen LogP contribution is 2.26. The van der Waals surface area contributed by atoms with Gasteiger partial charge in [-0.25, -0.2) is 0 Å². The molecule has 1 aromatic carbocycles. The molecule has 1 saturated heterocycles. The lowest BCUT2D eigenvalue weighted by atomic mass is 10.1. The normalized spacial score (nSPS) is 16.3. The number of hydrogen-bond acceptors (Lipinski definition) is 6. The highest BCUT2D eigenvalue weighted by molar-refractivity contribution is 7.10. The van der Waals surface area contributed by atoms with Crippen molar-refractivity contribution in [3.63, 3.8) is 0 Å². The Kier molecular flexibility index (Phi) is 7.17. The first-order valence-corrected chi connectivity index (χ1v) is 11.7. The molecule has 0 bridgehead atoms. The first kappa shape index (κ1) is 21.7. The molecule has 1 fully saturated rings. The highest BCUT2D eigenvalue weighted by atomic mass is 32.1. The van der Waals surface area contributed by atoms with Crippen molar-refractivity contribution in [1.82, 2.24) is 20.3 Å². The molecule has 1 N–H and O–H groups in total. The number of hydrogen-bond donors (Lipinski definition) is 1. The van der Waals surface area contributed by atoms with Crippen LogP contribution < -0.4 is 5.32 Å². The Hall–Kier alpha value is -2.48. The van der Waals surface area contributed by atoms with E-state index in [1.165, 1.54) is 5.56 Å². The van der Waals surface area contributed by atoms with Crippen LogP contribution in [0.5, 0.6) is 0 Å². The Bertz CT molecular complexity index is 943. The van der Waals surface area contributed by atoms with Gasteiger partial charge in [0.25, 0.3) is 0 Å². The zero-order valence-electron chi connectivity index (χ0n) is 18.2. The lowest BCUT2D eigenvalue weighted by Crippen LogP contribution is -2.46. The van der Waals surface area contributed by atoms with Crippen molar-refractivity contribution < 1.29 is 9.32 Å². The summed E-state index contributed by atoms with van der Waals surface area (Å²) in [6.45, 7) is 9.59. The Morgan fingerprint density at radius 1 is 1.10 bits per heavy atom. The minimum Gasteiger partial charge on any atom is -0.361 e. The van der Waals surface area contributed by atoms with Gasteiger partial charge in [0.15, 0.2) is 0 Å². The molecule has 164 valence electrons. The monoisotopic (exact) mass is 438 g/mol. The topological polar surface area (TPSA) is 61.6 Å². The number of rotatable bonds is 8. The smallest absolute Gasteiger partial charge is 0.222 e. The summed E-state index contributed by atoms with van der Waals surface area (Å²) in [5, 5.41) is 9.35. The fraction of sp³-hybridized carbons (Fsp3) is 0.417. The molecule has 3 aromatic rings. The summed E-state index contributed by atoms with van der Waals surface area (Å²) in [5.74, 6) is 1.01. The summed E-state index contributed by atoms with van der Waals surface area (Å²) in [6, 6.07) is 14.2. The molecule has 1 aliphatic rings. The predicted octanol–water partition coefficient (Wildman–Crippen LogP) is 3.77. The van der Waals surface area contributed by atoms with Crippen LogP contribution in [0, 0.1) is 13.8 Å². The van der Waals surface area contributed by atoms with Gasteiger partial charge in [0.05, 0.1) is 11.7 Å². The molecule has 3 heterocycles. The van der Waals surface area contributed by atoms with E-state index in [9.17, 15) is 4.79 Å². The first-order valence-electron chi connectivity index (χ1n) is 10.8. The van der Waals surface area contributed by atoms with Crippen LogP contribution in [0.1, 0.15) is 39.9 Å². The molecule has 1 aliphatic heterocycles. The zero-order chi connectivity index (χ0) is 21.6. The van der Waals surface area contributed by atoms with Crippen LogP contribution in [0.3, 0.4) is 0 Å². The summed E-state index contributed by atoms with van der Waals surface area (Å²) >= 11 is 1.68. The summed E-state index contributed by atoms with van der Waals surface area (Å²) in [6.07, 6.45) is 0.512. The molecule has 31 heavy (non-hydrogen) atoms. The molecule has 0 aliphatic carbocycles. The van der Waals surface area contributed by atoms with E-state index in [1.807, 2.05) is 38.1 Å². The molecule has 0 spiro atoms. The first-order chi connectivity index (χ1) is 15.1. The van der Waals surface area contributed by atoms with Crippen molar-refractivity contribution in [2.45, 2.75) is 32.9 Å². The van der Waals surface area contributed by atoms with E-state index in [0.29, 0.717) is 6.42 Å². The van der Waals surface area contributed by atoms with Gasteiger partial charge < -0.3 is 14.7 Å². The lowest BCUT2D eigenvalue weighted by molar-refractivity contribution is -0.122. The van der Waals surface area contributed by atoms with Crippen molar-refractivity contribution in [1.29, 1.82) is 0 Å². The highest BCUT2D eigenvalue weighted by Gasteiger charge is 2.22. The largest absolute Gasteiger partial charge is 0.361 e. The molecule has 1 amide bonds. The van der Waals surface area contributed by atoms with Crippen LogP contribution in [0.25, 0.3) is 0 Å². The summed E-state index contributed by atoms with van der Waals surface area (Å²) in [7, 11) is 0. The maximum Gasteiger partial charge on any atom is 0.222 e. The van der Waals surface area contributed by atoms with Gasteiger partial charge in [-0.2, -0.15) is 0 Å². The quantitative estimate of drug-likeness (QED) is 0.580. The number of nitrogens with zero attached hydrogens (tertiary/aromatic N) is 3. The van der Waals surface area contributed by atoms with E-state index in [4.69, 9.17) is 4.52 Å². The number of aryl methyl sites for hydroxylation is 2. The van der Waals surface area contributed by atoms with Gasteiger partial charge in [-0.05, 0) is 30.9 Å². The van der Waals surface area contributed by atoms with E-state index < -0.39 is 0 Å². The fourth-order valence-electron chi connectivity index (χ4n) is 4.03. The van der Waals surface area contributed by atoms with E-state index in [0.717, 1.165) is 61.2 Å². The predicted molar refractivity (Wildman–Crippen MR) is 123 cm³/mol. The number of carbonyl (C=O) groups excluding carboxylic acids is 1. The molecule has 0 radical (unpaired) electrons. The summed E-state index contributed by atoms with van der Waals surface area (Å²) in [5.41, 5.74) is 3.30. The van der Waals surface area contributed by atoms with Gasteiger partial charge in [-0.15, -0.1) is 11.3 Å². The number of amides is 1. The average Bonchev–Trinajstić information content (AvgIpc) is 3.43. The molecule has 6 nitrogen and oxygen atoms in total. The second-order valence-electron chi connectivity index (χ2n) is 8.10. The van der Waals surface area contributed by atoms with Gasteiger partial charge >= 0.3 is 0 Å². The minimum absolute atomic E-state index is 0.0828. The number of benzene rings is 1. The van der Waals surface area contributed by atoms with Crippen LogP contribution >= 0.6 is 11.3 Å². The van der Waals surface area contributed by atoms with E-state index in [-0.39, 0.29) is 11.9 Å². The molecule has 0 saturated carbocycles. The molecule has 4 rings (SSSR count). The van der Waals surface area contributed by atoms with Crippen molar-refractivity contribution >= 4 is 17.2 Å². The lowest BCUT2D eigenvalue weighted by Gasteiger charge is -2.34. The molecule has 1 unspecified atom stereocenters. The standard InChI is InChI=1S/C24H30N4O2S/c1-18-21(19(2)30-26-18)17-28-14-12-27(13-15-28)11-10-23(29)25-24(22-9-6-16-31-22)20-7-4-3-5-8-20/h3-9,16,24H,10-15,17H2,1-2H3,(H,25,29). The maximum atomic E-state index is 12.8. The number of nitrogens with one attached hydrogen (secondary N) is 1. The van der Waals surface area contributed by atoms with Gasteiger partial charge in [0.2, 0.25) is 5.91 Å². The Morgan fingerprint density at radius 2 is 1.84 bits per heavy atom. The number of aromatic nitrogens is 1. The Balaban J connectivity index is 1.25.